The molecule has 0 saturated carbocycles. The van der Waals surface area contributed by atoms with Crippen molar-refractivity contribution in [3.63, 3.8) is 0 Å². The highest BCUT2D eigenvalue weighted by Crippen LogP contribution is 2.68. The standard InChI is InChI=1S/C55H35NO2S/c1-2-16-35(17-3-1)56(36-18-12-15-34(33-36)37-23-13-24-41-40-21-7-11-30-50(40)59-54(37)41)47-28-14-29-48-52(47)57-49-32-31-46-51(53(49)58-48)42-22-6-10-27-45(42)55(46)43-25-8-4-19-38(43)39-20-5-9-26-44(39)55/h1-19,21-33,39H,20H2. The van der Waals surface area contributed by atoms with Gasteiger partial charge in [-0.1, -0.05) is 146 Å². The van der Waals surface area contributed by atoms with E-state index in [1.165, 1.54) is 59.1 Å². The summed E-state index contributed by atoms with van der Waals surface area (Å²) in [4.78, 5) is 2.29. The fourth-order valence-corrected chi connectivity index (χ4v) is 11.8. The Kier molecular flexibility index (Phi) is 6.93. The molecule has 9 aromatic rings. The van der Waals surface area contributed by atoms with Gasteiger partial charge in [-0.15, -0.1) is 11.3 Å². The third-order valence-electron chi connectivity index (χ3n) is 12.9. The van der Waals surface area contributed by atoms with E-state index in [-0.39, 0.29) is 0 Å². The summed E-state index contributed by atoms with van der Waals surface area (Å²) in [6.07, 6.45) is 7.93. The quantitative estimate of drug-likeness (QED) is 0.178. The molecule has 0 bridgehead atoms. The van der Waals surface area contributed by atoms with Crippen molar-refractivity contribution in [2.45, 2.75) is 17.8 Å². The molecule has 0 N–H and O–H groups in total. The minimum absolute atomic E-state index is 0.340. The number of hydrogen-bond donors (Lipinski definition) is 0. The van der Waals surface area contributed by atoms with Crippen LogP contribution < -0.4 is 14.4 Å². The molecule has 0 radical (unpaired) electrons. The van der Waals surface area contributed by atoms with E-state index >= 15 is 0 Å². The Morgan fingerprint density at radius 3 is 2.24 bits per heavy atom. The number of thiophene rings is 1. The van der Waals surface area contributed by atoms with Crippen LogP contribution in [-0.4, -0.2) is 0 Å². The van der Waals surface area contributed by atoms with E-state index in [2.05, 4.69) is 193 Å². The van der Waals surface area contributed by atoms with Crippen LogP contribution in [0.3, 0.4) is 0 Å². The summed E-state index contributed by atoms with van der Waals surface area (Å²) in [7, 11) is 0. The number of fused-ring (bicyclic) bond motifs is 16. The molecule has 8 aromatic carbocycles. The molecule has 2 atom stereocenters. The zero-order valence-electron chi connectivity index (χ0n) is 31.9. The fraction of sp³-hybridized carbons (Fsp3) is 0.0545. The van der Waals surface area contributed by atoms with E-state index in [1.807, 2.05) is 17.4 Å². The zero-order valence-corrected chi connectivity index (χ0v) is 32.7. The molecule has 3 nitrogen and oxygen atoms in total. The summed E-state index contributed by atoms with van der Waals surface area (Å²) in [5.41, 5.74) is 14.1. The van der Waals surface area contributed by atoms with Crippen LogP contribution in [0.4, 0.5) is 17.1 Å². The van der Waals surface area contributed by atoms with Gasteiger partial charge in [0, 0.05) is 43.0 Å². The highest BCUT2D eigenvalue weighted by Gasteiger charge is 2.56. The molecule has 2 unspecified atom stereocenters. The Hall–Kier alpha value is -7.14. The van der Waals surface area contributed by atoms with Gasteiger partial charge >= 0.3 is 0 Å². The predicted octanol–water partition coefficient (Wildman–Crippen LogP) is 15.4. The molecule has 278 valence electrons. The van der Waals surface area contributed by atoms with Crippen molar-refractivity contribution in [1.82, 2.24) is 0 Å². The molecule has 13 rings (SSSR count). The predicted molar refractivity (Wildman–Crippen MR) is 242 cm³/mol. The molecule has 4 heteroatoms. The lowest BCUT2D eigenvalue weighted by Gasteiger charge is -2.33. The molecule has 1 aliphatic heterocycles. The monoisotopic (exact) mass is 773 g/mol. The van der Waals surface area contributed by atoms with E-state index in [0.29, 0.717) is 23.2 Å². The van der Waals surface area contributed by atoms with Crippen LogP contribution in [-0.2, 0) is 5.41 Å². The number of anilines is 3. The molecule has 2 heterocycles. The minimum atomic E-state index is -0.395. The maximum Gasteiger partial charge on any atom is 0.194 e. The van der Waals surface area contributed by atoms with E-state index < -0.39 is 5.41 Å². The first-order valence-electron chi connectivity index (χ1n) is 20.4. The molecule has 1 aromatic heterocycles. The van der Waals surface area contributed by atoms with Gasteiger partial charge < -0.3 is 14.4 Å². The van der Waals surface area contributed by atoms with Gasteiger partial charge in [0.15, 0.2) is 23.0 Å². The van der Waals surface area contributed by atoms with Crippen molar-refractivity contribution < 1.29 is 9.47 Å². The number of hydrogen-bond acceptors (Lipinski definition) is 4. The third kappa shape index (κ3) is 4.52. The average molecular weight is 774 g/mol. The lowest BCUT2D eigenvalue weighted by molar-refractivity contribution is 0.361. The van der Waals surface area contributed by atoms with Crippen molar-refractivity contribution in [2.24, 2.45) is 0 Å². The average Bonchev–Trinajstić information content (AvgIpc) is 3.93. The second-order valence-electron chi connectivity index (χ2n) is 15.8. The van der Waals surface area contributed by atoms with Crippen LogP contribution in [0.15, 0.2) is 200 Å². The van der Waals surface area contributed by atoms with Crippen molar-refractivity contribution in [1.29, 1.82) is 0 Å². The molecule has 59 heavy (non-hydrogen) atoms. The summed E-state index contributed by atoms with van der Waals surface area (Å²) in [6.45, 7) is 0. The number of rotatable bonds is 4. The van der Waals surface area contributed by atoms with E-state index in [0.717, 1.165) is 40.4 Å². The molecule has 4 aliphatic rings. The number of nitrogens with zero attached hydrogens (tertiary/aromatic N) is 1. The topological polar surface area (TPSA) is 21.7 Å². The van der Waals surface area contributed by atoms with E-state index in [1.54, 1.807) is 0 Å². The van der Waals surface area contributed by atoms with E-state index in [9.17, 15) is 0 Å². The van der Waals surface area contributed by atoms with Gasteiger partial charge in [-0.05, 0) is 99.5 Å². The lowest BCUT2D eigenvalue weighted by Crippen LogP contribution is -2.27. The number of benzene rings is 8. The first-order valence-corrected chi connectivity index (χ1v) is 21.2. The van der Waals surface area contributed by atoms with Crippen molar-refractivity contribution in [3.8, 4) is 45.3 Å². The second kappa shape index (κ2) is 12.4. The summed E-state index contributed by atoms with van der Waals surface area (Å²) >= 11 is 1.86. The number of allylic oxidation sites excluding steroid dienone is 4. The zero-order chi connectivity index (χ0) is 38.7. The number of para-hydroxylation sites is 2. The normalized spacial score (nSPS) is 17.6. The second-order valence-corrected chi connectivity index (χ2v) is 16.9. The Morgan fingerprint density at radius 1 is 0.559 bits per heavy atom. The molecular formula is C55H35NO2S. The largest absolute Gasteiger partial charge is 0.449 e. The third-order valence-corrected chi connectivity index (χ3v) is 14.1. The van der Waals surface area contributed by atoms with Crippen LogP contribution in [0.2, 0.25) is 0 Å². The van der Waals surface area contributed by atoms with Crippen molar-refractivity contribution in [3.05, 3.63) is 222 Å². The Balaban J connectivity index is 0.964. The smallest absolute Gasteiger partial charge is 0.194 e. The SMILES string of the molecule is C1=CCC2C(=C1)C1(c3ccccc3-c3c1ccc1c3Oc3cccc(N(c4ccccc4)c4cccc(-c5cccc6c5sc5ccccc56)c4)c3O1)c1ccccc12. The molecule has 0 amide bonds. The Morgan fingerprint density at radius 2 is 1.29 bits per heavy atom. The molecule has 1 spiro atoms. The number of ether oxygens (including phenoxy) is 2. The highest BCUT2D eigenvalue weighted by molar-refractivity contribution is 7.26. The van der Waals surface area contributed by atoms with Crippen molar-refractivity contribution in [2.75, 3.05) is 4.90 Å². The van der Waals surface area contributed by atoms with E-state index in [4.69, 9.17) is 9.47 Å². The maximum atomic E-state index is 7.15. The molecule has 0 fully saturated rings. The van der Waals surface area contributed by atoms with Gasteiger partial charge in [-0.3, -0.25) is 0 Å². The lowest BCUT2D eigenvalue weighted by atomic mass is 9.69. The maximum absolute atomic E-state index is 7.15. The van der Waals surface area contributed by atoms with Crippen LogP contribution in [0.1, 0.15) is 34.6 Å². The van der Waals surface area contributed by atoms with Gasteiger partial charge in [-0.25, -0.2) is 0 Å². The van der Waals surface area contributed by atoms with Crippen LogP contribution in [0.25, 0.3) is 42.4 Å². The molecular weight excluding hydrogens is 739 g/mol. The van der Waals surface area contributed by atoms with Gasteiger partial charge in [0.05, 0.1) is 11.1 Å². The van der Waals surface area contributed by atoms with Crippen LogP contribution in [0.5, 0.6) is 23.0 Å². The van der Waals surface area contributed by atoms with Crippen LogP contribution in [0, 0.1) is 0 Å². The van der Waals surface area contributed by atoms with Crippen molar-refractivity contribution >= 4 is 48.6 Å². The molecule has 3 aliphatic carbocycles. The summed E-state index contributed by atoms with van der Waals surface area (Å²) in [5, 5.41) is 2.59. The van der Waals surface area contributed by atoms with Crippen LogP contribution >= 0.6 is 11.3 Å². The summed E-state index contributed by atoms with van der Waals surface area (Å²) in [5.74, 6) is 3.21. The van der Waals surface area contributed by atoms with Gasteiger partial charge in [0.1, 0.15) is 0 Å². The fourth-order valence-electron chi connectivity index (χ4n) is 10.6. The summed E-state index contributed by atoms with van der Waals surface area (Å²) in [6, 6.07) is 63.4. The van der Waals surface area contributed by atoms with Gasteiger partial charge in [0.25, 0.3) is 0 Å². The first-order chi connectivity index (χ1) is 29.3. The summed E-state index contributed by atoms with van der Waals surface area (Å²) < 4.78 is 16.9. The highest BCUT2D eigenvalue weighted by atomic mass is 32.1. The van der Waals surface area contributed by atoms with Gasteiger partial charge in [-0.2, -0.15) is 0 Å². The van der Waals surface area contributed by atoms with Gasteiger partial charge in [0.2, 0.25) is 0 Å². The minimum Gasteiger partial charge on any atom is -0.449 e. The molecule has 0 saturated heterocycles. The first kappa shape index (κ1) is 32.9. The Bertz CT molecular complexity index is 3280. The Labute approximate surface area is 346 Å².